The van der Waals surface area contributed by atoms with Crippen LogP contribution < -0.4 is 4.74 Å². The lowest BCUT2D eigenvalue weighted by atomic mass is 9.91. The topological polar surface area (TPSA) is 65.0 Å². The number of benzene rings is 2. The predicted molar refractivity (Wildman–Crippen MR) is 98.1 cm³/mol. The molecule has 0 aromatic heterocycles. The van der Waals surface area contributed by atoms with Crippen LogP contribution in [0, 0.1) is 13.8 Å². The zero-order valence-electron chi connectivity index (χ0n) is 15.3. The van der Waals surface area contributed by atoms with Gasteiger partial charge in [0.05, 0.1) is 19.8 Å². The third-order valence-corrected chi connectivity index (χ3v) is 4.66. The van der Waals surface area contributed by atoms with Crippen LogP contribution in [0.5, 0.6) is 5.75 Å². The van der Waals surface area contributed by atoms with Crippen LogP contribution >= 0.6 is 0 Å². The summed E-state index contributed by atoms with van der Waals surface area (Å²) in [7, 11) is 0. The van der Waals surface area contributed by atoms with Gasteiger partial charge in [-0.05, 0) is 42.2 Å². The number of aliphatic hydroxyl groups excluding tert-OH is 1. The summed E-state index contributed by atoms with van der Waals surface area (Å²) in [5.41, 5.74) is 4.98. The van der Waals surface area contributed by atoms with Crippen molar-refractivity contribution in [1.82, 2.24) is 0 Å². The van der Waals surface area contributed by atoms with Crippen molar-refractivity contribution in [2.75, 3.05) is 13.2 Å². The van der Waals surface area contributed by atoms with Crippen LogP contribution in [0.15, 0.2) is 36.4 Å². The van der Waals surface area contributed by atoms with Crippen molar-refractivity contribution in [2.45, 2.75) is 39.6 Å². The summed E-state index contributed by atoms with van der Waals surface area (Å²) in [6.45, 7) is 5.92. The average molecular weight is 356 g/mol. The predicted octanol–water partition coefficient (Wildman–Crippen LogP) is 3.17. The molecule has 2 aromatic rings. The molecule has 3 rings (SSSR count). The van der Waals surface area contributed by atoms with E-state index in [-0.39, 0.29) is 18.7 Å². The Balaban J connectivity index is 1.95. The molecule has 1 N–H and O–H groups in total. The van der Waals surface area contributed by atoms with Crippen LogP contribution in [0.3, 0.4) is 0 Å². The molecule has 1 heterocycles. The Bertz CT molecular complexity index is 785. The third-order valence-electron chi connectivity index (χ3n) is 4.66. The van der Waals surface area contributed by atoms with Gasteiger partial charge < -0.3 is 19.3 Å². The van der Waals surface area contributed by atoms with Gasteiger partial charge in [-0.1, -0.05) is 30.3 Å². The van der Waals surface area contributed by atoms with Crippen molar-refractivity contribution >= 4 is 5.97 Å². The van der Waals surface area contributed by atoms with E-state index >= 15 is 0 Å². The number of aryl methyl sites for hydroxylation is 1. The number of hydrogen-bond acceptors (Lipinski definition) is 5. The zero-order valence-corrected chi connectivity index (χ0v) is 15.3. The largest absolute Gasteiger partial charge is 0.484 e. The minimum Gasteiger partial charge on any atom is -0.484 e. The van der Waals surface area contributed by atoms with Gasteiger partial charge in [-0.2, -0.15) is 0 Å². The second kappa shape index (κ2) is 7.89. The molecule has 138 valence electrons. The fraction of sp³-hybridized carbons (Fsp3) is 0.381. The molecule has 0 radical (unpaired) electrons. The van der Waals surface area contributed by atoms with E-state index in [1.165, 1.54) is 6.92 Å². The highest BCUT2D eigenvalue weighted by Crippen LogP contribution is 2.36. The van der Waals surface area contributed by atoms with Gasteiger partial charge in [0.1, 0.15) is 5.75 Å². The number of hydrogen-bond donors (Lipinski definition) is 1. The summed E-state index contributed by atoms with van der Waals surface area (Å²) in [4.78, 5) is 11.3. The minimum atomic E-state index is -0.437. The maximum absolute atomic E-state index is 11.3. The molecule has 1 aliphatic rings. The molecule has 0 aliphatic carbocycles. The number of esters is 1. The van der Waals surface area contributed by atoms with Crippen LogP contribution in [0.25, 0.3) is 11.1 Å². The maximum atomic E-state index is 11.3. The van der Waals surface area contributed by atoms with E-state index in [9.17, 15) is 9.90 Å². The van der Waals surface area contributed by atoms with E-state index in [2.05, 4.69) is 12.1 Å². The SMILES string of the molecule is CC(=O)O[C@H]1COC[C@@H]1Oc1cc(C)c(-c2ccccc2)c(C)c1CO. The molecular weight excluding hydrogens is 332 g/mol. The van der Waals surface area contributed by atoms with Gasteiger partial charge >= 0.3 is 5.97 Å². The van der Waals surface area contributed by atoms with Crippen molar-refractivity contribution in [2.24, 2.45) is 0 Å². The Kier molecular flexibility index (Phi) is 5.59. The van der Waals surface area contributed by atoms with Gasteiger partial charge in [0, 0.05) is 12.5 Å². The van der Waals surface area contributed by atoms with Crippen molar-refractivity contribution in [3.8, 4) is 16.9 Å². The van der Waals surface area contributed by atoms with E-state index in [0.717, 1.165) is 27.8 Å². The molecule has 1 aliphatic heterocycles. The standard InChI is InChI=1S/C21H24O5/c1-13-9-18(26-20-12-24-11-19(20)25-15(3)23)17(10-22)14(2)21(13)16-7-5-4-6-8-16/h4-9,19-20,22H,10-12H2,1-3H3/t19-,20-/m0/s1. The van der Waals surface area contributed by atoms with Crippen LogP contribution in [0.2, 0.25) is 0 Å². The molecule has 5 nitrogen and oxygen atoms in total. The van der Waals surface area contributed by atoms with Crippen LogP contribution in [-0.2, 0) is 20.9 Å². The summed E-state index contributed by atoms with van der Waals surface area (Å²) >= 11 is 0. The molecule has 2 atom stereocenters. The molecule has 0 saturated carbocycles. The van der Waals surface area contributed by atoms with Gasteiger partial charge in [-0.3, -0.25) is 4.79 Å². The van der Waals surface area contributed by atoms with Crippen molar-refractivity contribution in [1.29, 1.82) is 0 Å². The van der Waals surface area contributed by atoms with Crippen LogP contribution in [0.4, 0.5) is 0 Å². The molecule has 0 bridgehead atoms. The van der Waals surface area contributed by atoms with Crippen LogP contribution in [0.1, 0.15) is 23.6 Å². The van der Waals surface area contributed by atoms with Crippen molar-refractivity contribution in [3.05, 3.63) is 53.1 Å². The molecule has 1 fully saturated rings. The zero-order chi connectivity index (χ0) is 18.7. The number of carbonyl (C=O) groups is 1. The average Bonchev–Trinajstić information content (AvgIpc) is 3.02. The Morgan fingerprint density at radius 1 is 1.19 bits per heavy atom. The third kappa shape index (κ3) is 3.74. The second-order valence-electron chi connectivity index (χ2n) is 6.54. The number of aliphatic hydroxyl groups is 1. The first-order valence-electron chi connectivity index (χ1n) is 8.72. The van der Waals surface area contributed by atoms with Crippen LogP contribution in [-0.4, -0.2) is 36.5 Å². The van der Waals surface area contributed by atoms with E-state index in [4.69, 9.17) is 14.2 Å². The van der Waals surface area contributed by atoms with Crippen molar-refractivity contribution in [3.63, 3.8) is 0 Å². The quantitative estimate of drug-likeness (QED) is 0.834. The molecule has 26 heavy (non-hydrogen) atoms. The minimum absolute atomic E-state index is 0.132. The Hall–Kier alpha value is -2.37. The first-order valence-corrected chi connectivity index (χ1v) is 8.72. The Morgan fingerprint density at radius 3 is 2.54 bits per heavy atom. The Labute approximate surface area is 153 Å². The lowest BCUT2D eigenvalue weighted by Crippen LogP contribution is -2.34. The molecule has 2 aromatic carbocycles. The molecular formula is C21H24O5. The smallest absolute Gasteiger partial charge is 0.303 e. The van der Waals surface area contributed by atoms with Gasteiger partial charge in [-0.15, -0.1) is 0 Å². The highest BCUT2D eigenvalue weighted by Gasteiger charge is 2.33. The summed E-state index contributed by atoms with van der Waals surface area (Å²) in [6.07, 6.45) is -0.820. The van der Waals surface area contributed by atoms with Gasteiger partial charge in [-0.25, -0.2) is 0 Å². The monoisotopic (exact) mass is 356 g/mol. The summed E-state index contributed by atoms with van der Waals surface area (Å²) in [6, 6.07) is 12.0. The first kappa shape index (κ1) is 18.4. The Morgan fingerprint density at radius 2 is 1.88 bits per heavy atom. The summed E-state index contributed by atoms with van der Waals surface area (Å²) in [5.74, 6) is 0.248. The molecule has 0 amide bonds. The molecule has 1 saturated heterocycles. The lowest BCUT2D eigenvalue weighted by Gasteiger charge is -2.23. The molecule has 0 unspecified atom stereocenters. The normalized spacial score (nSPS) is 19.4. The van der Waals surface area contributed by atoms with E-state index in [1.807, 2.05) is 38.1 Å². The molecule has 5 heteroatoms. The lowest BCUT2D eigenvalue weighted by molar-refractivity contribution is -0.149. The summed E-state index contributed by atoms with van der Waals surface area (Å²) in [5, 5.41) is 9.95. The fourth-order valence-corrected chi connectivity index (χ4v) is 3.45. The maximum Gasteiger partial charge on any atom is 0.303 e. The number of carbonyl (C=O) groups excluding carboxylic acids is 1. The summed E-state index contributed by atoms with van der Waals surface area (Å²) < 4.78 is 16.8. The van der Waals surface area contributed by atoms with Gasteiger partial charge in [0.2, 0.25) is 0 Å². The number of ether oxygens (including phenoxy) is 3. The van der Waals surface area contributed by atoms with E-state index < -0.39 is 6.10 Å². The van der Waals surface area contributed by atoms with Crippen molar-refractivity contribution < 1.29 is 24.1 Å². The van der Waals surface area contributed by atoms with E-state index in [0.29, 0.717) is 19.0 Å². The highest BCUT2D eigenvalue weighted by molar-refractivity contribution is 5.73. The fourth-order valence-electron chi connectivity index (χ4n) is 3.45. The first-order chi connectivity index (χ1) is 12.5. The number of rotatable bonds is 5. The van der Waals surface area contributed by atoms with E-state index in [1.54, 1.807) is 0 Å². The van der Waals surface area contributed by atoms with Gasteiger partial charge in [0.15, 0.2) is 12.2 Å². The van der Waals surface area contributed by atoms with Gasteiger partial charge in [0.25, 0.3) is 0 Å². The highest BCUT2D eigenvalue weighted by atomic mass is 16.6. The molecule has 0 spiro atoms. The second-order valence-corrected chi connectivity index (χ2v) is 6.54.